The molecule has 344 valence electrons. The Bertz CT molecular complexity index is 2230. The van der Waals surface area contributed by atoms with Crippen molar-refractivity contribution in [3.8, 4) is 5.75 Å². The fourth-order valence-electron chi connectivity index (χ4n) is 8.08. The van der Waals surface area contributed by atoms with Gasteiger partial charge < -0.3 is 38.5 Å². The minimum atomic E-state index is -5.19. The molecule has 0 N–H and O–H groups in total. The van der Waals surface area contributed by atoms with Crippen molar-refractivity contribution >= 4 is 40.6 Å². The average molecular weight is 907 g/mol. The summed E-state index contributed by atoms with van der Waals surface area (Å²) < 4.78 is 62.0. The number of benzene rings is 3. The van der Waals surface area contributed by atoms with Gasteiger partial charge in [-0.1, -0.05) is 72.3 Å². The number of rotatable bonds is 19. The number of fused-ring (bicyclic) bond motifs is 2. The predicted octanol–water partition coefficient (Wildman–Crippen LogP) is 8.74. The van der Waals surface area contributed by atoms with Crippen molar-refractivity contribution in [2.24, 2.45) is 5.92 Å². The van der Waals surface area contributed by atoms with Crippen LogP contribution in [0.3, 0.4) is 0 Å². The molecule has 10 nitrogen and oxygen atoms in total. The summed E-state index contributed by atoms with van der Waals surface area (Å²) in [5.74, 6) is -2.69. The highest BCUT2D eigenvalue weighted by atomic mass is 35.5. The van der Waals surface area contributed by atoms with Crippen molar-refractivity contribution in [1.82, 2.24) is 0 Å². The number of hydrogen-bond acceptors (Lipinski definition) is 9. The van der Waals surface area contributed by atoms with E-state index >= 15 is 0 Å². The summed E-state index contributed by atoms with van der Waals surface area (Å²) in [6, 6.07) is 26.3. The Labute approximate surface area is 379 Å². The van der Waals surface area contributed by atoms with E-state index in [1.165, 1.54) is 33.8 Å². The minimum Gasteiger partial charge on any atom is -0.542 e. The van der Waals surface area contributed by atoms with Gasteiger partial charge in [0.1, 0.15) is 18.3 Å². The summed E-state index contributed by atoms with van der Waals surface area (Å²) in [4.78, 5) is 23.2. The lowest BCUT2D eigenvalue weighted by Gasteiger charge is -2.26. The standard InChI is InChI=1S/C48H58ClN2O6.C2HF3O2/c1-47(2)39-18-9-11-20-41(39)50(27-30-55-33-32-53-5)43(47)24-22-36-14-13-15-37(46(36)49)23-25-44-48(3,4)40-19-10-12-21-42(40)51(44)28-31-56-35-34-54-29-26-45(52)57-38-16-7-6-8-17-38;3-2(4,5)1(6)7/h6-12,16-23,25,36H,13-15,26-35H2,1-5H3;(H,6,7)/q+1;/p-1/b25-23+;. The van der Waals surface area contributed by atoms with Crippen molar-refractivity contribution in [3.05, 3.63) is 130 Å². The third kappa shape index (κ3) is 13.1. The fourth-order valence-corrected chi connectivity index (χ4v) is 8.40. The lowest BCUT2D eigenvalue weighted by atomic mass is 9.81. The highest BCUT2D eigenvalue weighted by Crippen LogP contribution is 2.47. The molecule has 2 aliphatic heterocycles. The number of para-hydroxylation sites is 3. The topological polar surface area (TPSA) is 110 Å². The van der Waals surface area contributed by atoms with Crippen LogP contribution < -0.4 is 14.7 Å². The molecule has 0 amide bonds. The van der Waals surface area contributed by atoms with Gasteiger partial charge >= 0.3 is 12.1 Å². The van der Waals surface area contributed by atoms with Gasteiger partial charge in [-0.05, 0) is 82.4 Å². The first kappa shape index (κ1) is 50.0. The maximum atomic E-state index is 12.1. The summed E-state index contributed by atoms with van der Waals surface area (Å²) in [6.45, 7) is 14.0. The number of aliphatic carboxylic acids is 1. The summed E-state index contributed by atoms with van der Waals surface area (Å²) in [5.41, 5.74) is 11.9. The molecule has 3 aliphatic rings. The molecule has 1 atom stereocenters. The third-order valence-corrected chi connectivity index (χ3v) is 11.9. The molecule has 1 unspecified atom stereocenters. The molecule has 6 rings (SSSR count). The molecule has 3 aromatic rings. The van der Waals surface area contributed by atoms with Crippen molar-refractivity contribution in [1.29, 1.82) is 0 Å². The van der Waals surface area contributed by atoms with Gasteiger partial charge in [0.15, 0.2) is 12.3 Å². The van der Waals surface area contributed by atoms with Crippen LogP contribution in [0.1, 0.15) is 64.5 Å². The molecule has 3 aromatic carbocycles. The molecule has 1 aliphatic carbocycles. The minimum absolute atomic E-state index is 0.0897. The summed E-state index contributed by atoms with van der Waals surface area (Å²) in [7, 11) is 1.69. The number of halogens is 4. The van der Waals surface area contributed by atoms with Crippen LogP contribution in [0.5, 0.6) is 5.75 Å². The number of hydrogen-bond donors (Lipinski definition) is 0. The van der Waals surface area contributed by atoms with E-state index in [1.807, 2.05) is 18.2 Å². The molecule has 0 fully saturated rings. The van der Waals surface area contributed by atoms with E-state index in [4.69, 9.17) is 45.2 Å². The van der Waals surface area contributed by atoms with Gasteiger partial charge in [0.05, 0.1) is 57.2 Å². The molecule has 0 aromatic heterocycles. The molecular formula is C50H58ClF3N2O8. The Morgan fingerprint density at radius 2 is 1.47 bits per heavy atom. The highest BCUT2D eigenvalue weighted by molar-refractivity contribution is 6.30. The number of allylic oxidation sites excluding steroid dienone is 5. The van der Waals surface area contributed by atoms with Gasteiger partial charge in [0, 0.05) is 53.4 Å². The average Bonchev–Trinajstić information content (AvgIpc) is 3.61. The molecule has 0 spiro atoms. The van der Waals surface area contributed by atoms with Crippen molar-refractivity contribution in [2.45, 2.75) is 70.4 Å². The molecule has 0 saturated heterocycles. The Hall–Kier alpha value is -5.01. The highest BCUT2D eigenvalue weighted by Gasteiger charge is 2.44. The molecule has 0 radical (unpaired) electrons. The number of alkyl halides is 3. The fraction of sp³-hybridized carbons (Fsp3) is 0.440. The summed E-state index contributed by atoms with van der Waals surface area (Å²) in [6.07, 6.45) is 4.68. The van der Waals surface area contributed by atoms with Crippen molar-refractivity contribution < 1.29 is 56.1 Å². The zero-order chi connectivity index (χ0) is 46.3. The molecule has 2 heterocycles. The molecule has 0 bridgehead atoms. The monoisotopic (exact) mass is 906 g/mol. The van der Waals surface area contributed by atoms with E-state index in [0.717, 1.165) is 36.5 Å². The second-order valence-electron chi connectivity index (χ2n) is 16.5. The van der Waals surface area contributed by atoms with E-state index in [0.29, 0.717) is 51.9 Å². The number of esters is 1. The SMILES string of the molecule is COCCOCCN1C(=C=CC2CCCC(/C=C/C3=[N+](CCOCCOCCC(=O)Oc4ccccc4)c4ccccc4C3(C)C)=C2Cl)C(C)(C)c2ccccc21.O=C([O-])C(F)(F)F. The van der Waals surface area contributed by atoms with Gasteiger partial charge in [-0.25, -0.2) is 0 Å². The first-order chi connectivity index (χ1) is 30.6. The number of carboxylic acids is 1. The third-order valence-electron chi connectivity index (χ3n) is 11.4. The van der Waals surface area contributed by atoms with Crippen LogP contribution >= 0.6 is 11.6 Å². The molecular weight excluding hydrogens is 849 g/mol. The lowest BCUT2D eigenvalue weighted by molar-refractivity contribution is -0.442. The van der Waals surface area contributed by atoms with Gasteiger partial charge in [0.25, 0.3) is 0 Å². The first-order valence-electron chi connectivity index (χ1n) is 21.5. The van der Waals surface area contributed by atoms with Gasteiger partial charge in [-0.3, -0.25) is 4.79 Å². The van der Waals surface area contributed by atoms with Crippen LogP contribution in [0, 0.1) is 5.92 Å². The van der Waals surface area contributed by atoms with E-state index in [-0.39, 0.29) is 35.7 Å². The Balaban J connectivity index is 0.00000102. The second-order valence-corrected chi connectivity index (χ2v) is 16.9. The number of carbonyl (C=O) groups excluding carboxylic acids is 2. The molecule has 14 heteroatoms. The summed E-state index contributed by atoms with van der Waals surface area (Å²) >= 11 is 7.28. The van der Waals surface area contributed by atoms with Crippen LogP contribution in [0.25, 0.3) is 0 Å². The first-order valence-corrected chi connectivity index (χ1v) is 21.9. The zero-order valence-corrected chi connectivity index (χ0v) is 37.9. The number of carboxylic acid groups (broad SMARTS) is 1. The predicted molar refractivity (Wildman–Crippen MR) is 239 cm³/mol. The lowest BCUT2D eigenvalue weighted by Crippen LogP contribution is -2.37. The molecule has 0 saturated carbocycles. The van der Waals surface area contributed by atoms with E-state index in [9.17, 15) is 18.0 Å². The van der Waals surface area contributed by atoms with Crippen LogP contribution in [-0.2, 0) is 39.4 Å². The molecule has 64 heavy (non-hydrogen) atoms. The quantitative estimate of drug-likeness (QED) is 0.0384. The zero-order valence-electron chi connectivity index (χ0n) is 37.2. The van der Waals surface area contributed by atoms with Crippen LogP contribution in [0.2, 0.25) is 0 Å². The Morgan fingerprint density at radius 1 is 0.844 bits per heavy atom. The number of nitrogens with zero attached hydrogens (tertiary/aromatic N) is 2. The van der Waals surface area contributed by atoms with Crippen LogP contribution in [0.4, 0.5) is 24.5 Å². The number of carbonyl (C=O) groups is 2. The van der Waals surface area contributed by atoms with Crippen LogP contribution in [0.15, 0.2) is 119 Å². The van der Waals surface area contributed by atoms with Crippen molar-refractivity contribution in [2.75, 3.05) is 71.3 Å². The Kier molecular flexibility index (Phi) is 18.2. The number of anilines is 1. The second kappa shape index (κ2) is 23.3. The van der Waals surface area contributed by atoms with Gasteiger partial charge in [-0.15, -0.1) is 5.73 Å². The van der Waals surface area contributed by atoms with E-state index < -0.39 is 12.1 Å². The number of ether oxygens (including phenoxy) is 5. The maximum absolute atomic E-state index is 12.1. The van der Waals surface area contributed by atoms with Gasteiger partial charge in [-0.2, -0.15) is 17.7 Å². The smallest absolute Gasteiger partial charge is 0.430 e. The maximum Gasteiger partial charge on any atom is 0.430 e. The summed E-state index contributed by atoms with van der Waals surface area (Å²) in [5, 5.41) is 9.68. The number of methoxy groups -OCH3 is 1. The van der Waals surface area contributed by atoms with E-state index in [2.05, 4.69) is 110 Å². The normalized spacial score (nSPS) is 17.5. The largest absolute Gasteiger partial charge is 0.542 e. The van der Waals surface area contributed by atoms with Crippen molar-refractivity contribution in [3.63, 3.8) is 0 Å². The van der Waals surface area contributed by atoms with Gasteiger partial charge in [0.2, 0.25) is 5.69 Å². The Morgan fingerprint density at radius 3 is 2.17 bits per heavy atom. The van der Waals surface area contributed by atoms with E-state index in [1.54, 1.807) is 19.2 Å². The van der Waals surface area contributed by atoms with Crippen LogP contribution in [-0.4, -0.2) is 94.8 Å².